The fraction of sp³-hybridized carbons (Fsp3) is 0.875. The minimum absolute atomic E-state index is 0. The Kier molecular flexibility index (Phi) is 8.26. The number of hydrogen-bond acceptors (Lipinski definition) is 4. The summed E-state index contributed by atoms with van der Waals surface area (Å²) in [5.74, 6) is 0.710. The lowest BCUT2D eigenvalue weighted by atomic mass is 9.91. The Balaban J connectivity index is 0.00000144. The molecule has 0 aromatic heterocycles. The van der Waals surface area contributed by atoms with Crippen molar-refractivity contribution in [3.8, 4) is 0 Å². The zero-order valence-corrected chi connectivity index (χ0v) is 16.0. The van der Waals surface area contributed by atoms with Gasteiger partial charge in [-0.2, -0.15) is 0 Å². The average Bonchev–Trinajstić information content (AvgIpc) is 3.21. The minimum atomic E-state index is 0. The van der Waals surface area contributed by atoms with E-state index in [1.165, 1.54) is 0 Å². The molecule has 6 nitrogen and oxygen atoms in total. The molecule has 1 saturated carbocycles. The number of amides is 2. The monoisotopic (exact) mass is 380 g/mol. The summed E-state index contributed by atoms with van der Waals surface area (Å²) in [6, 6.07) is 0. The number of nitrogens with one attached hydrogen (secondary N) is 2. The van der Waals surface area contributed by atoms with Gasteiger partial charge < -0.3 is 15.5 Å². The van der Waals surface area contributed by atoms with Crippen LogP contribution in [0.2, 0.25) is 0 Å². The Labute approximate surface area is 156 Å². The van der Waals surface area contributed by atoms with Crippen LogP contribution in [0.15, 0.2) is 0 Å². The van der Waals surface area contributed by atoms with E-state index in [9.17, 15) is 9.59 Å². The van der Waals surface area contributed by atoms with Crippen molar-refractivity contribution in [2.75, 3.05) is 52.4 Å². The van der Waals surface area contributed by atoms with E-state index in [0.29, 0.717) is 24.4 Å². The molecule has 3 aliphatic rings. The summed E-state index contributed by atoms with van der Waals surface area (Å²) in [7, 11) is 0. The lowest BCUT2D eigenvalue weighted by Gasteiger charge is -2.35. The van der Waals surface area contributed by atoms with Crippen LogP contribution in [-0.4, -0.2) is 74.0 Å². The second-order valence-electron chi connectivity index (χ2n) is 6.92. The third kappa shape index (κ3) is 4.75. The first-order valence-corrected chi connectivity index (χ1v) is 8.63. The van der Waals surface area contributed by atoms with Crippen molar-refractivity contribution >= 4 is 36.6 Å². The molecular weight excluding hydrogens is 351 g/mol. The fourth-order valence-electron chi connectivity index (χ4n) is 3.98. The van der Waals surface area contributed by atoms with Gasteiger partial charge in [-0.05, 0) is 44.7 Å². The van der Waals surface area contributed by atoms with Crippen LogP contribution >= 0.6 is 24.8 Å². The van der Waals surface area contributed by atoms with Gasteiger partial charge in [0.1, 0.15) is 0 Å². The summed E-state index contributed by atoms with van der Waals surface area (Å²) in [6.07, 6.45) is 3.40. The summed E-state index contributed by atoms with van der Waals surface area (Å²) >= 11 is 0. The van der Waals surface area contributed by atoms with Crippen molar-refractivity contribution in [2.24, 2.45) is 11.3 Å². The van der Waals surface area contributed by atoms with Crippen molar-refractivity contribution in [1.29, 1.82) is 0 Å². The number of nitrogens with zero attached hydrogens (tertiary/aromatic N) is 2. The maximum absolute atomic E-state index is 12.7. The molecule has 2 amide bonds. The lowest BCUT2D eigenvalue weighted by Crippen LogP contribution is -2.51. The van der Waals surface area contributed by atoms with Gasteiger partial charge >= 0.3 is 0 Å². The number of likely N-dealkylation sites (N-methyl/N-ethyl adjacent to an activating group) is 1. The van der Waals surface area contributed by atoms with Crippen LogP contribution in [0.4, 0.5) is 0 Å². The zero-order chi connectivity index (χ0) is 15.6. The molecule has 2 saturated heterocycles. The van der Waals surface area contributed by atoms with Gasteiger partial charge in [0.2, 0.25) is 11.8 Å². The average molecular weight is 381 g/mol. The minimum Gasteiger partial charge on any atom is -0.355 e. The molecule has 1 unspecified atom stereocenters. The van der Waals surface area contributed by atoms with Crippen molar-refractivity contribution in [3.05, 3.63) is 0 Å². The van der Waals surface area contributed by atoms with E-state index >= 15 is 0 Å². The van der Waals surface area contributed by atoms with Gasteiger partial charge in [0.15, 0.2) is 0 Å². The number of hydrogen-bond donors (Lipinski definition) is 2. The summed E-state index contributed by atoms with van der Waals surface area (Å²) in [5, 5.41) is 6.21. The van der Waals surface area contributed by atoms with Crippen LogP contribution in [0.3, 0.4) is 0 Å². The summed E-state index contributed by atoms with van der Waals surface area (Å²) in [5.41, 5.74) is 0.320. The molecule has 3 fully saturated rings. The largest absolute Gasteiger partial charge is 0.355 e. The molecule has 8 heteroatoms. The van der Waals surface area contributed by atoms with Crippen LogP contribution in [0.5, 0.6) is 0 Å². The molecule has 0 aromatic carbocycles. The highest BCUT2D eigenvalue weighted by Crippen LogP contribution is 2.59. The van der Waals surface area contributed by atoms with E-state index in [1.807, 2.05) is 11.8 Å². The number of halogens is 2. The van der Waals surface area contributed by atoms with Crippen molar-refractivity contribution in [2.45, 2.75) is 26.2 Å². The summed E-state index contributed by atoms with van der Waals surface area (Å²) in [4.78, 5) is 28.4. The Hall–Kier alpha value is -0.560. The van der Waals surface area contributed by atoms with Gasteiger partial charge in [0, 0.05) is 38.6 Å². The molecule has 2 N–H and O–H groups in total. The van der Waals surface area contributed by atoms with Crippen LogP contribution in [0, 0.1) is 11.3 Å². The molecule has 2 aliphatic heterocycles. The molecule has 0 bridgehead atoms. The highest BCUT2D eigenvalue weighted by Gasteiger charge is 2.58. The number of piperazine rings is 1. The molecule has 0 radical (unpaired) electrons. The van der Waals surface area contributed by atoms with E-state index in [-0.39, 0.29) is 36.6 Å². The first-order chi connectivity index (χ1) is 10.6. The first kappa shape index (κ1) is 21.5. The summed E-state index contributed by atoms with van der Waals surface area (Å²) in [6.45, 7) is 8.33. The maximum atomic E-state index is 12.7. The quantitative estimate of drug-likeness (QED) is 0.745. The molecule has 140 valence electrons. The normalized spacial score (nSPS) is 25.4. The Morgan fingerprint density at radius 1 is 1.12 bits per heavy atom. The van der Waals surface area contributed by atoms with Crippen LogP contribution in [-0.2, 0) is 9.59 Å². The summed E-state index contributed by atoms with van der Waals surface area (Å²) < 4.78 is 0. The van der Waals surface area contributed by atoms with E-state index < -0.39 is 0 Å². The van der Waals surface area contributed by atoms with Crippen molar-refractivity contribution < 1.29 is 9.59 Å². The molecule has 2 heterocycles. The number of piperidine rings is 1. The van der Waals surface area contributed by atoms with Crippen LogP contribution in [0.1, 0.15) is 26.2 Å². The van der Waals surface area contributed by atoms with Gasteiger partial charge in [0.05, 0.1) is 6.54 Å². The Bertz CT molecular complexity index is 436. The molecule has 24 heavy (non-hydrogen) atoms. The van der Waals surface area contributed by atoms with Gasteiger partial charge in [-0.1, -0.05) is 0 Å². The molecule has 1 spiro atoms. The van der Waals surface area contributed by atoms with Crippen molar-refractivity contribution in [1.82, 2.24) is 20.4 Å². The highest BCUT2D eigenvalue weighted by molar-refractivity contribution is 5.85. The zero-order valence-electron chi connectivity index (χ0n) is 14.4. The molecule has 0 aromatic rings. The molecule has 1 aliphatic carbocycles. The third-order valence-electron chi connectivity index (χ3n) is 5.51. The standard InChI is InChI=1S/C16H28N4O2.2ClH/c1-2-18-14(21)12-19-7-9-20(10-8-19)15(22)13-11-16(13)3-5-17-6-4-16;;/h13,17H,2-12H2,1H3,(H,18,21);2*1H. The molecule has 3 rings (SSSR count). The van der Waals surface area contributed by atoms with E-state index in [4.69, 9.17) is 0 Å². The SMILES string of the molecule is CCNC(=O)CN1CCN(C(=O)C2CC23CCNCC3)CC1.Cl.Cl. The number of carbonyl (C=O) groups excluding carboxylic acids is 2. The number of rotatable bonds is 4. The van der Waals surface area contributed by atoms with Gasteiger partial charge in [-0.25, -0.2) is 0 Å². The lowest BCUT2D eigenvalue weighted by molar-refractivity contribution is -0.135. The van der Waals surface area contributed by atoms with Crippen molar-refractivity contribution in [3.63, 3.8) is 0 Å². The molecule has 1 atom stereocenters. The topological polar surface area (TPSA) is 64.7 Å². The second-order valence-corrected chi connectivity index (χ2v) is 6.92. The van der Waals surface area contributed by atoms with Crippen LogP contribution < -0.4 is 10.6 Å². The van der Waals surface area contributed by atoms with Gasteiger partial charge in [-0.3, -0.25) is 14.5 Å². The fourth-order valence-corrected chi connectivity index (χ4v) is 3.98. The smallest absolute Gasteiger partial charge is 0.234 e. The predicted molar refractivity (Wildman–Crippen MR) is 98.8 cm³/mol. The van der Waals surface area contributed by atoms with E-state index in [1.54, 1.807) is 0 Å². The first-order valence-electron chi connectivity index (χ1n) is 8.63. The van der Waals surface area contributed by atoms with Gasteiger partial charge in [0.25, 0.3) is 0 Å². The second kappa shape index (κ2) is 9.22. The molecular formula is C16H30Cl2N4O2. The van der Waals surface area contributed by atoms with E-state index in [0.717, 1.165) is 58.5 Å². The van der Waals surface area contributed by atoms with Gasteiger partial charge in [-0.15, -0.1) is 24.8 Å². The maximum Gasteiger partial charge on any atom is 0.234 e. The Morgan fingerprint density at radius 3 is 2.33 bits per heavy atom. The van der Waals surface area contributed by atoms with Crippen LogP contribution in [0.25, 0.3) is 0 Å². The third-order valence-corrected chi connectivity index (χ3v) is 5.51. The van der Waals surface area contributed by atoms with E-state index in [2.05, 4.69) is 15.5 Å². The highest BCUT2D eigenvalue weighted by atomic mass is 35.5. The Morgan fingerprint density at radius 2 is 1.75 bits per heavy atom. The number of carbonyl (C=O) groups is 2. The predicted octanol–water partition coefficient (Wildman–Crippen LogP) is 0.500.